The Hall–Kier alpha value is -11.6. The summed E-state index contributed by atoms with van der Waals surface area (Å²) in [6.07, 6.45) is 10.8. The third-order valence-corrected chi connectivity index (χ3v) is 14.7. The van der Waals surface area contributed by atoms with Crippen LogP contribution in [0, 0.1) is 12.3 Å². The second-order valence-electron chi connectivity index (χ2n) is 21.2. The van der Waals surface area contributed by atoms with Crippen molar-refractivity contribution in [2.45, 2.75) is 27.7 Å². The summed E-state index contributed by atoms with van der Waals surface area (Å²) in [7, 11) is 0. The van der Waals surface area contributed by atoms with Gasteiger partial charge in [-0.05, 0) is 229 Å². The maximum absolute atomic E-state index is 6.92. The Labute approximate surface area is 536 Å². The first-order chi connectivity index (χ1) is 44.7. The SMILES string of the molecule is C=C/C(=C\C)N=C=C(c1ccccc1)c1ccc(OCC(COc2ccc(C(=C=N/C(C=C)=C/C)c3ccccc3)cc2)(COc2ccc(C(=C=N/C(C=C)=C/C)c3ccccc3)cc2)COc2ccc(C(=C=Nc3cccc(C)c3)c3ccccc3)cc2)cc1. The number of hydrogen-bond acceptors (Lipinski definition) is 8. The molecule has 448 valence electrons. The zero-order chi connectivity index (χ0) is 63.5. The van der Waals surface area contributed by atoms with Crippen LogP contribution in [0.25, 0.3) is 22.3 Å². The Morgan fingerprint density at radius 1 is 0.341 bits per heavy atom. The minimum atomic E-state index is -0.968. The van der Waals surface area contributed by atoms with Crippen LogP contribution in [0.15, 0.2) is 336 Å². The lowest BCUT2D eigenvalue weighted by atomic mass is 9.91. The number of nitrogens with zero attached hydrogens (tertiary/aromatic N) is 4. The minimum Gasteiger partial charge on any atom is -0.493 e. The molecule has 0 N–H and O–H groups in total. The average Bonchev–Trinajstić information content (AvgIpc) is 1.83. The molecule has 9 rings (SSSR count). The molecule has 9 aromatic carbocycles. The monoisotopic (exact) mass is 1190 g/mol. The molecule has 0 aliphatic rings. The van der Waals surface area contributed by atoms with Crippen LogP contribution in [0.2, 0.25) is 0 Å². The molecule has 0 radical (unpaired) electrons. The van der Waals surface area contributed by atoms with E-state index in [1.165, 1.54) is 0 Å². The lowest BCUT2D eigenvalue weighted by Gasteiger charge is -2.33. The average molecular weight is 1190 g/mol. The number of aryl methyl sites for hydroxylation is 1. The van der Waals surface area contributed by atoms with Gasteiger partial charge in [0, 0.05) is 0 Å². The number of benzene rings is 9. The molecule has 8 nitrogen and oxygen atoms in total. The van der Waals surface area contributed by atoms with Gasteiger partial charge in [0.05, 0.1) is 45.1 Å². The molecule has 0 amide bonds. The summed E-state index contributed by atoms with van der Waals surface area (Å²) in [5, 5.41) is 0. The Morgan fingerprint density at radius 3 is 0.857 bits per heavy atom. The number of rotatable bonds is 27. The summed E-state index contributed by atoms with van der Waals surface area (Å²) < 4.78 is 27.6. The van der Waals surface area contributed by atoms with Crippen LogP contribution in [0.1, 0.15) is 70.8 Å². The summed E-state index contributed by atoms with van der Waals surface area (Å²) in [5.74, 6) is 15.8. The molecule has 0 saturated heterocycles. The predicted molar refractivity (Wildman–Crippen MR) is 378 cm³/mol. The first-order valence-electron chi connectivity index (χ1n) is 30.1. The third kappa shape index (κ3) is 18.2. The smallest absolute Gasteiger partial charge is 0.119 e. The van der Waals surface area contributed by atoms with Gasteiger partial charge in [0.15, 0.2) is 0 Å². The molecule has 0 heterocycles. The van der Waals surface area contributed by atoms with E-state index in [-0.39, 0.29) is 26.4 Å². The summed E-state index contributed by atoms with van der Waals surface area (Å²) in [4.78, 5) is 18.7. The molecule has 9 aromatic rings. The van der Waals surface area contributed by atoms with Crippen LogP contribution in [0.3, 0.4) is 0 Å². The highest BCUT2D eigenvalue weighted by atomic mass is 16.5. The molecule has 0 saturated carbocycles. The second-order valence-corrected chi connectivity index (χ2v) is 21.2. The fourth-order valence-corrected chi connectivity index (χ4v) is 9.53. The molecule has 0 aliphatic heterocycles. The lowest BCUT2D eigenvalue weighted by molar-refractivity contribution is -0.00352. The molecule has 0 aromatic heterocycles. The van der Waals surface area contributed by atoms with Crippen molar-refractivity contribution in [3.8, 4) is 23.0 Å². The number of ether oxygens (including phenoxy) is 4. The van der Waals surface area contributed by atoms with Crippen molar-refractivity contribution in [3.63, 3.8) is 0 Å². The van der Waals surface area contributed by atoms with Gasteiger partial charge in [0.25, 0.3) is 0 Å². The quantitative estimate of drug-likeness (QED) is 0.0379. The van der Waals surface area contributed by atoms with Crippen molar-refractivity contribution in [2.24, 2.45) is 25.4 Å². The van der Waals surface area contributed by atoms with Gasteiger partial charge in [0.2, 0.25) is 0 Å². The lowest BCUT2D eigenvalue weighted by Crippen LogP contribution is -2.45. The minimum absolute atomic E-state index is 0.117. The highest BCUT2D eigenvalue weighted by Crippen LogP contribution is 2.32. The van der Waals surface area contributed by atoms with Crippen molar-refractivity contribution in [2.75, 3.05) is 26.4 Å². The van der Waals surface area contributed by atoms with Gasteiger partial charge in [-0.15, -0.1) is 0 Å². The summed E-state index contributed by atoms with van der Waals surface area (Å²) in [6.45, 7) is 20.1. The van der Waals surface area contributed by atoms with Gasteiger partial charge in [-0.2, -0.15) is 0 Å². The van der Waals surface area contributed by atoms with E-state index >= 15 is 0 Å². The molecule has 0 aliphatic carbocycles. The van der Waals surface area contributed by atoms with Gasteiger partial charge in [-0.3, -0.25) is 0 Å². The van der Waals surface area contributed by atoms with E-state index in [2.05, 4.69) is 83.3 Å². The maximum atomic E-state index is 6.92. The van der Waals surface area contributed by atoms with Crippen molar-refractivity contribution >= 4 is 51.5 Å². The number of aliphatic imine (C=N–C) groups is 4. The van der Waals surface area contributed by atoms with E-state index in [4.69, 9.17) is 23.9 Å². The van der Waals surface area contributed by atoms with Crippen LogP contribution in [0.5, 0.6) is 23.0 Å². The van der Waals surface area contributed by atoms with E-state index in [9.17, 15) is 0 Å². The van der Waals surface area contributed by atoms with Crippen molar-refractivity contribution in [1.82, 2.24) is 0 Å². The van der Waals surface area contributed by atoms with E-state index in [1.807, 2.05) is 263 Å². The summed E-state index contributed by atoms with van der Waals surface area (Å²) in [6, 6.07) is 80.3. The van der Waals surface area contributed by atoms with Crippen LogP contribution in [-0.2, 0) is 0 Å². The fourth-order valence-electron chi connectivity index (χ4n) is 9.53. The first kappa shape index (κ1) is 63.9. The normalized spacial score (nSPS) is 11.7. The van der Waals surface area contributed by atoms with Gasteiger partial charge in [-0.1, -0.05) is 171 Å². The zero-order valence-corrected chi connectivity index (χ0v) is 51.9. The number of hydrogen-bond donors (Lipinski definition) is 0. The molecular formula is C83H72N4O4. The molecule has 0 fully saturated rings. The largest absolute Gasteiger partial charge is 0.493 e. The fraction of sp³-hybridized carbons (Fsp3) is 0.108. The maximum Gasteiger partial charge on any atom is 0.119 e. The third-order valence-electron chi connectivity index (χ3n) is 14.7. The van der Waals surface area contributed by atoms with Crippen molar-refractivity contribution in [3.05, 3.63) is 366 Å². The first-order valence-corrected chi connectivity index (χ1v) is 30.1. The highest BCUT2D eigenvalue weighted by Gasteiger charge is 2.36. The Balaban J connectivity index is 1.10. The van der Waals surface area contributed by atoms with Crippen LogP contribution in [0.4, 0.5) is 5.69 Å². The van der Waals surface area contributed by atoms with E-state index in [1.54, 1.807) is 18.2 Å². The topological polar surface area (TPSA) is 86.4 Å². The van der Waals surface area contributed by atoms with Gasteiger partial charge in [0.1, 0.15) is 54.8 Å². The van der Waals surface area contributed by atoms with Gasteiger partial charge >= 0.3 is 0 Å². The Kier molecular flexibility index (Phi) is 23.1. The molecule has 0 unspecified atom stereocenters. The summed E-state index contributed by atoms with van der Waals surface area (Å²) >= 11 is 0. The molecule has 0 spiro atoms. The Morgan fingerprint density at radius 2 is 0.604 bits per heavy atom. The van der Waals surface area contributed by atoms with Gasteiger partial charge in [-0.25, -0.2) is 20.0 Å². The van der Waals surface area contributed by atoms with Crippen LogP contribution < -0.4 is 18.9 Å². The molecule has 0 atom stereocenters. The van der Waals surface area contributed by atoms with Crippen molar-refractivity contribution < 1.29 is 18.9 Å². The predicted octanol–water partition coefficient (Wildman–Crippen LogP) is 19.6. The molecule has 8 heteroatoms. The molecular weight excluding hydrogens is 1120 g/mol. The zero-order valence-electron chi connectivity index (χ0n) is 51.9. The summed E-state index contributed by atoms with van der Waals surface area (Å²) in [5.41, 5.74) is 13.9. The highest BCUT2D eigenvalue weighted by molar-refractivity contribution is 6.01. The van der Waals surface area contributed by atoms with E-state index < -0.39 is 5.41 Å². The standard InChI is InChI=1S/C83H72N4O4/c1-8-71(9-2)84-54-79(63-28-18-14-19-29-63)67-37-45-75(46-38-67)88-58-83(59-89-76-47-39-68(40-48-76)80(55-85-72(10-3)11-4)64-30-20-15-21-31-64,60-90-77-49-41-69(42-50-77)81(56-86-73(12-5)13-6)65-32-22-16-23-33-65)61-91-78-51-43-70(44-52-78)82(66-34-24-17-25-35-66)57-87-74-36-26-27-62(7)53-74/h8-53H,1,3,5,58-61H2,2,4,6-7H3/b71-9+,72-11+,73-13+. The number of allylic oxidation sites excluding steroid dienone is 6. The van der Waals surface area contributed by atoms with E-state index in [0.29, 0.717) is 40.1 Å². The Bertz CT molecular complexity index is 3980. The van der Waals surface area contributed by atoms with Crippen LogP contribution >= 0.6 is 0 Å². The van der Waals surface area contributed by atoms with Crippen LogP contribution in [-0.4, -0.2) is 49.9 Å². The van der Waals surface area contributed by atoms with Gasteiger partial charge < -0.3 is 18.9 Å². The second kappa shape index (κ2) is 33.0. The molecule has 0 bridgehead atoms. The molecule has 91 heavy (non-hydrogen) atoms. The van der Waals surface area contributed by atoms with E-state index in [0.717, 1.165) is 78.1 Å². The van der Waals surface area contributed by atoms with Crippen molar-refractivity contribution in [1.29, 1.82) is 0 Å².